The summed E-state index contributed by atoms with van der Waals surface area (Å²) in [5, 5.41) is 2.14. The molecule has 0 aromatic heterocycles. The first kappa shape index (κ1) is 9.07. The van der Waals surface area contributed by atoms with E-state index in [1.165, 1.54) is 11.1 Å². The van der Waals surface area contributed by atoms with Crippen LogP contribution in [0.4, 0.5) is 0 Å². The summed E-state index contributed by atoms with van der Waals surface area (Å²) in [5.74, 6) is 0.985. The van der Waals surface area contributed by atoms with E-state index >= 15 is 0 Å². The average Bonchev–Trinajstić information content (AvgIpc) is 2.05. The number of benzene rings is 1. The third kappa shape index (κ3) is 1.98. The molecule has 66 valence electrons. The first-order valence-corrected chi connectivity index (χ1v) is 4.19. The van der Waals surface area contributed by atoms with E-state index in [2.05, 4.69) is 31.4 Å². The maximum Gasteiger partial charge on any atom is 0.127 e. The van der Waals surface area contributed by atoms with Crippen molar-refractivity contribution in [1.82, 2.24) is 0 Å². The van der Waals surface area contributed by atoms with Crippen molar-refractivity contribution in [3.05, 3.63) is 29.3 Å². The lowest BCUT2D eigenvalue weighted by atomic mass is 10.1. The van der Waals surface area contributed by atoms with Gasteiger partial charge in [-0.3, -0.25) is 0 Å². The molecule has 0 saturated heterocycles. The van der Waals surface area contributed by atoms with E-state index in [0.717, 1.165) is 12.3 Å². The van der Waals surface area contributed by atoms with Crippen LogP contribution in [0.2, 0.25) is 0 Å². The predicted octanol–water partition coefficient (Wildman–Crippen LogP) is 0.697. The molecule has 0 unspecified atom stereocenters. The molecule has 2 nitrogen and oxygen atoms in total. The minimum Gasteiger partial charge on any atom is -0.496 e. The third-order valence-corrected chi connectivity index (χ3v) is 1.86. The topological polar surface area (TPSA) is 25.8 Å². The van der Waals surface area contributed by atoms with Crippen molar-refractivity contribution in [2.75, 3.05) is 14.2 Å². The van der Waals surface area contributed by atoms with Gasteiger partial charge in [0.25, 0.3) is 0 Å². The van der Waals surface area contributed by atoms with Gasteiger partial charge in [-0.2, -0.15) is 0 Å². The molecule has 0 saturated carbocycles. The molecule has 2 N–H and O–H groups in total. The van der Waals surface area contributed by atoms with Crippen molar-refractivity contribution in [2.45, 2.75) is 13.5 Å². The predicted molar refractivity (Wildman–Crippen MR) is 49.3 cm³/mol. The Labute approximate surface area is 73.6 Å². The summed E-state index contributed by atoms with van der Waals surface area (Å²) in [6, 6.07) is 6.25. The van der Waals surface area contributed by atoms with Gasteiger partial charge in [0.1, 0.15) is 12.3 Å². The molecule has 0 aliphatic carbocycles. The quantitative estimate of drug-likeness (QED) is 0.702. The molecule has 0 bridgehead atoms. The first-order valence-electron chi connectivity index (χ1n) is 4.19. The average molecular weight is 166 g/mol. The van der Waals surface area contributed by atoms with Crippen LogP contribution in [0.3, 0.4) is 0 Å². The number of aryl methyl sites for hydroxylation is 1. The number of hydrogen-bond acceptors (Lipinski definition) is 1. The van der Waals surface area contributed by atoms with Crippen molar-refractivity contribution < 1.29 is 10.1 Å². The van der Waals surface area contributed by atoms with Crippen molar-refractivity contribution in [3.8, 4) is 5.75 Å². The van der Waals surface area contributed by atoms with E-state index in [9.17, 15) is 0 Å². The van der Waals surface area contributed by atoms with Gasteiger partial charge in [-0.1, -0.05) is 11.6 Å². The minimum atomic E-state index is 0.977. The third-order valence-electron chi connectivity index (χ3n) is 1.86. The van der Waals surface area contributed by atoms with Gasteiger partial charge in [-0.25, -0.2) is 0 Å². The molecule has 0 amide bonds. The highest BCUT2D eigenvalue weighted by molar-refractivity contribution is 5.36. The highest BCUT2D eigenvalue weighted by Crippen LogP contribution is 2.17. The van der Waals surface area contributed by atoms with Gasteiger partial charge >= 0.3 is 0 Å². The van der Waals surface area contributed by atoms with Gasteiger partial charge in [0.15, 0.2) is 0 Å². The number of hydrogen-bond donors (Lipinski definition) is 1. The van der Waals surface area contributed by atoms with Gasteiger partial charge in [0.05, 0.1) is 14.2 Å². The fourth-order valence-corrected chi connectivity index (χ4v) is 1.29. The Morgan fingerprint density at radius 1 is 1.42 bits per heavy atom. The summed E-state index contributed by atoms with van der Waals surface area (Å²) in [5.41, 5.74) is 2.55. The largest absolute Gasteiger partial charge is 0.496 e. The summed E-state index contributed by atoms with van der Waals surface area (Å²) in [6.07, 6.45) is 0. The van der Waals surface area contributed by atoms with Crippen LogP contribution in [0.1, 0.15) is 11.1 Å². The summed E-state index contributed by atoms with van der Waals surface area (Å²) in [7, 11) is 3.77. The number of quaternary nitrogens is 1. The number of rotatable bonds is 3. The Balaban J connectivity index is 2.95. The lowest BCUT2D eigenvalue weighted by molar-refractivity contribution is -0.643. The molecule has 0 spiro atoms. The van der Waals surface area contributed by atoms with Crippen LogP contribution in [-0.2, 0) is 6.54 Å². The minimum absolute atomic E-state index is 0.977. The molecule has 1 aromatic carbocycles. The standard InChI is InChI=1S/C10H15NO/c1-8-4-5-10(12-3)9(6-8)7-11-2/h4-6,11H,7H2,1-3H3/p+1. The van der Waals surface area contributed by atoms with Crippen LogP contribution in [0.25, 0.3) is 0 Å². The molecule has 0 radical (unpaired) electrons. The molecule has 0 heterocycles. The number of ether oxygens (including phenoxy) is 1. The summed E-state index contributed by atoms with van der Waals surface area (Å²) < 4.78 is 5.23. The molecule has 0 aliphatic rings. The normalized spacial score (nSPS) is 9.92. The summed E-state index contributed by atoms with van der Waals surface area (Å²) in [6.45, 7) is 3.07. The first-order chi connectivity index (χ1) is 5.77. The van der Waals surface area contributed by atoms with Crippen LogP contribution < -0.4 is 10.1 Å². The molecule has 1 rings (SSSR count). The smallest absolute Gasteiger partial charge is 0.127 e. The summed E-state index contributed by atoms with van der Waals surface area (Å²) >= 11 is 0. The van der Waals surface area contributed by atoms with E-state index in [0.29, 0.717) is 0 Å². The zero-order valence-corrected chi connectivity index (χ0v) is 7.92. The zero-order valence-electron chi connectivity index (χ0n) is 7.92. The monoisotopic (exact) mass is 166 g/mol. The Bertz CT molecular complexity index is 258. The van der Waals surface area contributed by atoms with Crippen LogP contribution >= 0.6 is 0 Å². The van der Waals surface area contributed by atoms with Crippen LogP contribution in [0.5, 0.6) is 5.75 Å². The SMILES string of the molecule is C[NH2+]Cc1cc(C)ccc1OC. The Hall–Kier alpha value is -1.02. The van der Waals surface area contributed by atoms with E-state index in [4.69, 9.17) is 4.74 Å². The fraction of sp³-hybridized carbons (Fsp3) is 0.400. The lowest BCUT2D eigenvalue weighted by Crippen LogP contribution is -2.77. The highest BCUT2D eigenvalue weighted by Gasteiger charge is 2.02. The Morgan fingerprint density at radius 2 is 2.17 bits per heavy atom. The van der Waals surface area contributed by atoms with Gasteiger partial charge in [-0.15, -0.1) is 0 Å². The molecule has 0 atom stereocenters. The van der Waals surface area contributed by atoms with E-state index in [1.807, 2.05) is 6.07 Å². The van der Waals surface area contributed by atoms with E-state index in [1.54, 1.807) is 7.11 Å². The van der Waals surface area contributed by atoms with Gasteiger partial charge < -0.3 is 10.1 Å². The molecule has 0 fully saturated rings. The van der Waals surface area contributed by atoms with Crippen LogP contribution in [0.15, 0.2) is 18.2 Å². The molecule has 12 heavy (non-hydrogen) atoms. The van der Waals surface area contributed by atoms with Crippen molar-refractivity contribution in [2.24, 2.45) is 0 Å². The van der Waals surface area contributed by atoms with Gasteiger partial charge in [0, 0.05) is 5.56 Å². The molecule has 1 aromatic rings. The van der Waals surface area contributed by atoms with Crippen molar-refractivity contribution in [3.63, 3.8) is 0 Å². The molecular weight excluding hydrogens is 150 g/mol. The highest BCUT2D eigenvalue weighted by atomic mass is 16.5. The molecular formula is C10H16NO+. The second-order valence-electron chi connectivity index (χ2n) is 2.93. The maximum atomic E-state index is 5.23. The number of methoxy groups -OCH3 is 1. The van der Waals surface area contributed by atoms with Crippen molar-refractivity contribution >= 4 is 0 Å². The van der Waals surface area contributed by atoms with E-state index in [-0.39, 0.29) is 0 Å². The Kier molecular flexibility index (Phi) is 3.11. The molecule has 2 heteroatoms. The van der Waals surface area contributed by atoms with Gasteiger partial charge in [0.2, 0.25) is 0 Å². The second-order valence-corrected chi connectivity index (χ2v) is 2.93. The van der Waals surface area contributed by atoms with Gasteiger partial charge in [-0.05, 0) is 19.1 Å². The van der Waals surface area contributed by atoms with Crippen molar-refractivity contribution in [1.29, 1.82) is 0 Å². The lowest BCUT2D eigenvalue weighted by Gasteiger charge is -2.06. The maximum absolute atomic E-state index is 5.23. The molecule has 0 aliphatic heterocycles. The van der Waals surface area contributed by atoms with Crippen LogP contribution in [-0.4, -0.2) is 14.2 Å². The number of nitrogens with two attached hydrogens (primary N) is 1. The van der Waals surface area contributed by atoms with Crippen LogP contribution in [0, 0.1) is 6.92 Å². The second kappa shape index (κ2) is 4.12. The zero-order chi connectivity index (χ0) is 8.97. The fourth-order valence-electron chi connectivity index (χ4n) is 1.29. The van der Waals surface area contributed by atoms with E-state index < -0.39 is 0 Å². The Morgan fingerprint density at radius 3 is 2.75 bits per heavy atom. The summed E-state index contributed by atoms with van der Waals surface area (Å²) in [4.78, 5) is 0.